The van der Waals surface area contributed by atoms with Gasteiger partial charge in [-0.05, 0) is 24.3 Å². The molecule has 2 aromatic rings. The van der Waals surface area contributed by atoms with Crippen molar-refractivity contribution in [3.05, 3.63) is 36.9 Å². The Morgan fingerprint density at radius 1 is 0.905 bits per heavy atom. The molecule has 0 aliphatic rings. The van der Waals surface area contributed by atoms with Crippen molar-refractivity contribution in [3.63, 3.8) is 0 Å². The Labute approximate surface area is 119 Å². The van der Waals surface area contributed by atoms with Gasteiger partial charge in [-0.3, -0.25) is 19.8 Å². The van der Waals surface area contributed by atoms with Crippen LogP contribution in [0.2, 0.25) is 0 Å². The molecule has 1 aromatic carbocycles. The van der Waals surface area contributed by atoms with E-state index in [1.165, 1.54) is 19.6 Å². The lowest BCUT2D eigenvalue weighted by Crippen LogP contribution is -2.33. The highest BCUT2D eigenvalue weighted by Gasteiger charge is 2.14. The molecule has 9 heteroatoms. The fourth-order valence-electron chi connectivity index (χ4n) is 1.45. The minimum atomic E-state index is -0.860. The highest BCUT2D eigenvalue weighted by Crippen LogP contribution is 2.13. The van der Waals surface area contributed by atoms with Crippen LogP contribution in [0.15, 0.2) is 36.9 Å². The zero-order valence-corrected chi connectivity index (χ0v) is 11.0. The molecule has 0 aliphatic carbocycles. The summed E-state index contributed by atoms with van der Waals surface area (Å²) < 4.78 is 1.15. The molecular formula is C12H12N6O3. The van der Waals surface area contributed by atoms with Crippen LogP contribution in [-0.2, 0) is 14.4 Å². The molecule has 0 spiro atoms. The number of nitrogens with zero attached hydrogens (tertiary/aromatic N) is 3. The maximum Gasteiger partial charge on any atom is 0.328 e. The molecule has 0 atom stereocenters. The summed E-state index contributed by atoms with van der Waals surface area (Å²) in [4.78, 5) is 34.1. The predicted octanol–water partition coefficient (Wildman–Crippen LogP) is -0.0547. The van der Waals surface area contributed by atoms with E-state index in [-0.39, 0.29) is 5.91 Å². The summed E-state index contributed by atoms with van der Waals surface area (Å²) >= 11 is 0. The van der Waals surface area contributed by atoms with Crippen LogP contribution in [0.4, 0.5) is 11.4 Å². The van der Waals surface area contributed by atoms with Gasteiger partial charge in [0.25, 0.3) is 0 Å². The Hall–Kier alpha value is -3.23. The highest BCUT2D eigenvalue weighted by atomic mass is 16.2. The van der Waals surface area contributed by atoms with E-state index in [9.17, 15) is 14.4 Å². The van der Waals surface area contributed by atoms with Gasteiger partial charge in [-0.25, -0.2) is 4.68 Å². The number of nitrogens with one attached hydrogen (secondary N) is 3. The number of amides is 3. The van der Waals surface area contributed by atoms with Gasteiger partial charge >= 0.3 is 11.8 Å². The third-order valence-corrected chi connectivity index (χ3v) is 2.32. The van der Waals surface area contributed by atoms with Crippen molar-refractivity contribution in [2.24, 2.45) is 0 Å². The second kappa shape index (κ2) is 6.28. The van der Waals surface area contributed by atoms with Crippen molar-refractivity contribution in [3.8, 4) is 0 Å². The standard InChI is InChI=1S/C12H12N6O3/c1-8(19)15-9-2-4-10(5-3-9)16-11(20)12(21)17-18-6-13-14-7-18/h2-7H,1H3,(H,15,19)(H,16,20)(H,17,21). The third kappa shape index (κ3) is 4.13. The van der Waals surface area contributed by atoms with Crippen LogP contribution in [0.25, 0.3) is 0 Å². The topological polar surface area (TPSA) is 118 Å². The van der Waals surface area contributed by atoms with Gasteiger partial charge in [-0.2, -0.15) is 0 Å². The van der Waals surface area contributed by atoms with Crippen molar-refractivity contribution in [2.75, 3.05) is 16.1 Å². The first-order valence-corrected chi connectivity index (χ1v) is 5.89. The molecular weight excluding hydrogens is 276 g/mol. The first-order chi connectivity index (χ1) is 10.0. The molecule has 2 rings (SSSR count). The zero-order chi connectivity index (χ0) is 15.2. The molecule has 108 valence electrons. The summed E-state index contributed by atoms with van der Waals surface area (Å²) in [5, 5.41) is 12.0. The van der Waals surface area contributed by atoms with Gasteiger partial charge in [0.05, 0.1) is 0 Å². The molecule has 0 saturated carbocycles. The normalized spacial score (nSPS) is 9.76. The first kappa shape index (κ1) is 14.2. The van der Waals surface area contributed by atoms with Crippen LogP contribution in [0, 0.1) is 0 Å². The summed E-state index contributed by atoms with van der Waals surface area (Å²) in [6.45, 7) is 1.39. The molecule has 0 unspecified atom stereocenters. The number of benzene rings is 1. The van der Waals surface area contributed by atoms with Crippen molar-refractivity contribution < 1.29 is 14.4 Å². The van der Waals surface area contributed by atoms with E-state index in [2.05, 4.69) is 26.3 Å². The van der Waals surface area contributed by atoms with E-state index in [4.69, 9.17) is 0 Å². The van der Waals surface area contributed by atoms with E-state index in [1.807, 2.05) is 0 Å². The van der Waals surface area contributed by atoms with Crippen molar-refractivity contribution in [1.29, 1.82) is 0 Å². The number of anilines is 2. The fraction of sp³-hybridized carbons (Fsp3) is 0.0833. The van der Waals surface area contributed by atoms with Crippen molar-refractivity contribution in [1.82, 2.24) is 14.9 Å². The molecule has 21 heavy (non-hydrogen) atoms. The predicted molar refractivity (Wildman–Crippen MR) is 73.8 cm³/mol. The Kier molecular flexibility index (Phi) is 4.24. The van der Waals surface area contributed by atoms with Crippen molar-refractivity contribution in [2.45, 2.75) is 6.92 Å². The minimum Gasteiger partial charge on any atom is -0.326 e. The molecule has 0 fully saturated rings. The lowest BCUT2D eigenvalue weighted by Gasteiger charge is -2.07. The van der Waals surface area contributed by atoms with Crippen LogP contribution < -0.4 is 16.1 Å². The quantitative estimate of drug-likeness (QED) is 0.684. The first-order valence-electron chi connectivity index (χ1n) is 5.89. The van der Waals surface area contributed by atoms with Gasteiger partial charge in [0, 0.05) is 18.3 Å². The smallest absolute Gasteiger partial charge is 0.326 e. The summed E-state index contributed by atoms with van der Waals surface area (Å²) in [7, 11) is 0. The molecule has 3 amide bonds. The number of rotatable bonds is 3. The molecule has 0 saturated heterocycles. The highest BCUT2D eigenvalue weighted by molar-refractivity contribution is 6.42. The maximum atomic E-state index is 11.7. The van der Waals surface area contributed by atoms with E-state index in [1.54, 1.807) is 24.3 Å². The third-order valence-electron chi connectivity index (χ3n) is 2.32. The fourth-order valence-corrected chi connectivity index (χ4v) is 1.45. The van der Waals surface area contributed by atoms with E-state index in [0.29, 0.717) is 11.4 Å². The average molecular weight is 288 g/mol. The molecule has 0 aliphatic heterocycles. The summed E-state index contributed by atoms with van der Waals surface area (Å²) in [5.41, 5.74) is 3.28. The Morgan fingerprint density at radius 2 is 1.43 bits per heavy atom. The summed E-state index contributed by atoms with van der Waals surface area (Å²) in [5.74, 6) is -1.89. The number of hydrogen-bond donors (Lipinski definition) is 3. The number of hydrogen-bond acceptors (Lipinski definition) is 5. The molecule has 1 aromatic heterocycles. The van der Waals surface area contributed by atoms with Crippen LogP contribution in [0.5, 0.6) is 0 Å². The molecule has 0 radical (unpaired) electrons. The van der Waals surface area contributed by atoms with Gasteiger partial charge in [-0.15, -0.1) is 10.2 Å². The number of carbonyl (C=O) groups is 3. The van der Waals surface area contributed by atoms with E-state index in [0.717, 1.165) is 4.68 Å². The lowest BCUT2D eigenvalue weighted by molar-refractivity contribution is -0.133. The van der Waals surface area contributed by atoms with Crippen LogP contribution >= 0.6 is 0 Å². The van der Waals surface area contributed by atoms with Crippen molar-refractivity contribution >= 4 is 29.1 Å². The average Bonchev–Trinajstić information content (AvgIpc) is 2.93. The second-order valence-electron chi connectivity index (χ2n) is 4.02. The van der Waals surface area contributed by atoms with Gasteiger partial charge in [0.1, 0.15) is 12.7 Å². The number of aromatic nitrogens is 3. The summed E-state index contributed by atoms with van der Waals surface area (Å²) in [6, 6.07) is 6.34. The maximum absolute atomic E-state index is 11.7. The summed E-state index contributed by atoms with van der Waals surface area (Å²) in [6.07, 6.45) is 2.49. The second-order valence-corrected chi connectivity index (χ2v) is 4.02. The monoisotopic (exact) mass is 288 g/mol. The van der Waals surface area contributed by atoms with E-state index >= 15 is 0 Å². The van der Waals surface area contributed by atoms with E-state index < -0.39 is 11.8 Å². The molecule has 9 nitrogen and oxygen atoms in total. The van der Waals surface area contributed by atoms with Crippen LogP contribution in [0.1, 0.15) is 6.92 Å². The van der Waals surface area contributed by atoms with Crippen LogP contribution in [0.3, 0.4) is 0 Å². The molecule has 0 bridgehead atoms. The van der Waals surface area contributed by atoms with Gasteiger partial charge in [0.15, 0.2) is 0 Å². The Morgan fingerprint density at radius 3 is 1.95 bits per heavy atom. The largest absolute Gasteiger partial charge is 0.328 e. The van der Waals surface area contributed by atoms with Crippen LogP contribution in [-0.4, -0.2) is 32.6 Å². The Bertz CT molecular complexity index is 650. The number of carbonyl (C=O) groups excluding carboxylic acids is 3. The van der Waals surface area contributed by atoms with Gasteiger partial charge in [-0.1, -0.05) is 0 Å². The SMILES string of the molecule is CC(=O)Nc1ccc(NC(=O)C(=O)Nn2cnnc2)cc1. The zero-order valence-electron chi connectivity index (χ0n) is 11.0. The Balaban J connectivity index is 1.92. The minimum absolute atomic E-state index is 0.194. The molecule has 3 N–H and O–H groups in total. The lowest BCUT2D eigenvalue weighted by atomic mass is 10.2. The molecule has 1 heterocycles. The van der Waals surface area contributed by atoms with Gasteiger partial charge < -0.3 is 10.6 Å². The van der Waals surface area contributed by atoms with Gasteiger partial charge in [0.2, 0.25) is 5.91 Å².